The Hall–Kier alpha value is -11.2. The maximum atomic E-state index is 16.9. The Bertz CT molecular complexity index is 6270. The molecule has 0 aliphatic heterocycles. The first kappa shape index (κ1) is 85.8. The van der Waals surface area contributed by atoms with Gasteiger partial charge in [0.05, 0.1) is 0 Å². The molecule has 0 unspecified atom stereocenters. The van der Waals surface area contributed by atoms with E-state index in [1.165, 1.54) is 134 Å². The van der Waals surface area contributed by atoms with Gasteiger partial charge in [0.1, 0.15) is 23.3 Å². The predicted octanol–water partition coefficient (Wildman–Crippen LogP) is 36.1. The molecule has 0 saturated heterocycles. The minimum absolute atomic E-state index is 0.122. The molecule has 4 heteroatoms. The highest BCUT2D eigenvalue weighted by molar-refractivity contribution is 6.36. The molecule has 0 aliphatic rings. The second kappa shape index (κ2) is 32.9. The van der Waals surface area contributed by atoms with Crippen LogP contribution in [0.25, 0.3) is 154 Å². The van der Waals surface area contributed by atoms with Crippen LogP contribution >= 0.6 is 0 Å². The quantitative estimate of drug-likeness (QED) is 0.0752. The van der Waals surface area contributed by atoms with Gasteiger partial charge in [-0.05, 0) is 281 Å². The van der Waals surface area contributed by atoms with Crippen molar-refractivity contribution in [2.24, 2.45) is 0 Å². The van der Waals surface area contributed by atoms with Crippen molar-refractivity contribution < 1.29 is 17.6 Å². The second-order valence-corrected chi connectivity index (χ2v) is 40.5. The van der Waals surface area contributed by atoms with E-state index in [2.05, 4.69) is 385 Å². The summed E-state index contributed by atoms with van der Waals surface area (Å²) in [6, 6.07) is 90.2. The number of fused-ring (bicyclic) bond motifs is 6. The second-order valence-electron chi connectivity index (χ2n) is 40.5. The van der Waals surface area contributed by atoms with Gasteiger partial charge in [0.15, 0.2) is 0 Å². The van der Waals surface area contributed by atoms with Crippen molar-refractivity contribution in [2.45, 2.75) is 223 Å². The van der Waals surface area contributed by atoms with Crippen LogP contribution in [0, 0.1) is 23.3 Å². The molecule has 0 fully saturated rings. The molecule has 16 aromatic rings. The Morgan fingerprint density at radius 2 is 0.377 bits per heavy atom. The molecule has 0 N–H and O–H groups in total. The van der Waals surface area contributed by atoms with Crippen LogP contribution in [0.3, 0.4) is 0 Å². The van der Waals surface area contributed by atoms with Crippen LogP contribution < -0.4 is 0 Å². The number of hydrogen-bond donors (Lipinski definition) is 0. The highest BCUT2D eigenvalue weighted by Crippen LogP contribution is 2.58. The summed E-state index contributed by atoms with van der Waals surface area (Å²) < 4.78 is 63.8. The number of hydrogen-bond acceptors (Lipinski definition) is 0. The zero-order valence-corrected chi connectivity index (χ0v) is 76.2. The van der Waals surface area contributed by atoms with Gasteiger partial charge in [-0.1, -0.05) is 372 Å². The third-order valence-electron chi connectivity index (χ3n) is 25.8. The van der Waals surface area contributed by atoms with E-state index in [4.69, 9.17) is 0 Å². The van der Waals surface area contributed by atoms with Gasteiger partial charge < -0.3 is 0 Å². The largest absolute Gasteiger partial charge is 0.207 e. The molecule has 0 amide bonds. The molecule has 122 heavy (non-hydrogen) atoms. The average molecular weight is 1610 g/mol. The number of benzene rings is 16. The Balaban J connectivity index is 0.000000190. The van der Waals surface area contributed by atoms with E-state index in [1.807, 2.05) is 0 Å². The normalized spacial score (nSPS) is 12.5. The lowest BCUT2D eigenvalue weighted by atomic mass is 9.75. The SMILES string of the molecule is CC(C)(C)c1ccc(-c2c3ccc(C(C)(C)C)cc3c(-c3ccc(F)cc3F)c3c(-c4ccc(C(C)(C)C)cc4)c4ccc(C(C)(C)C)cc4c(-c4ccc(F)cc4F)c23)cc1.CC(C)c1ccc(-c2c3ccc(C(C)C)cc3c(-c3ccc(C(C)C)cc3)c3c(-c4ccc(C(C)C)cc4)c4ccc(C(C)C)cc4c(-c4ccc(C(C)C)cc4)c23)cc1. The summed E-state index contributed by atoms with van der Waals surface area (Å²) >= 11 is 0. The van der Waals surface area contributed by atoms with Crippen molar-refractivity contribution in [3.05, 3.63) is 334 Å². The first-order valence-electron chi connectivity index (χ1n) is 44.3. The molecule has 0 bridgehead atoms. The molecule has 0 heterocycles. The highest BCUT2D eigenvalue weighted by atomic mass is 19.1. The molecule has 16 rings (SSSR count). The fourth-order valence-corrected chi connectivity index (χ4v) is 18.3. The standard InChI is InChI=1S/C60H64.C58H56F4/c1-35(2)41-13-21-45(22-14-41)55-51-31-29-49(39(9)10)33-53(51)58(48-27-19-44(20-28-48)38(7)8)60-56(46-23-15-42(16-24-46)36(3)4)52-32-30-50(40(11)12)34-54(52)57(59(55)60)47-25-17-43(18-26-47)37(5)6;1-55(2,3)35-17-13-33(14-18-35)49-41-25-21-37(57(7,8)9)29-45(41)52(44-28-24-40(60)32-48(44)62)54-50(34-15-19-36(20-16-34)56(4,5)6)42-26-22-38(58(10,11)12)30-46(42)51(53(49)54)43-27-23-39(59)31-47(43)61/h13-40H,1-12H3;13-32H,1-12H3. The summed E-state index contributed by atoms with van der Waals surface area (Å²) in [5.41, 5.74) is 27.1. The maximum absolute atomic E-state index is 16.9. The summed E-state index contributed by atoms with van der Waals surface area (Å²) in [6.07, 6.45) is 0. The third kappa shape index (κ3) is 16.3. The van der Waals surface area contributed by atoms with E-state index in [1.54, 1.807) is 0 Å². The van der Waals surface area contributed by atoms with Gasteiger partial charge in [-0.25, -0.2) is 17.6 Å². The average Bonchev–Trinajstić information content (AvgIpc) is 0.695. The van der Waals surface area contributed by atoms with Gasteiger partial charge in [-0.15, -0.1) is 0 Å². The molecular formula is C118H120F4. The minimum Gasteiger partial charge on any atom is -0.207 e. The van der Waals surface area contributed by atoms with Gasteiger partial charge in [-0.3, -0.25) is 0 Å². The van der Waals surface area contributed by atoms with Crippen molar-refractivity contribution in [3.63, 3.8) is 0 Å². The van der Waals surface area contributed by atoms with Crippen LogP contribution in [-0.4, -0.2) is 0 Å². The lowest BCUT2D eigenvalue weighted by Crippen LogP contribution is -2.12. The minimum atomic E-state index is -0.706. The summed E-state index contributed by atoms with van der Waals surface area (Å²) in [6.45, 7) is 53.6. The zero-order chi connectivity index (χ0) is 87.4. The van der Waals surface area contributed by atoms with Gasteiger partial charge in [0.25, 0.3) is 0 Å². The Kier molecular flexibility index (Phi) is 23.1. The Morgan fingerprint density at radius 3 is 0.607 bits per heavy atom. The van der Waals surface area contributed by atoms with Gasteiger partial charge >= 0.3 is 0 Å². The maximum Gasteiger partial charge on any atom is 0.133 e. The molecule has 0 radical (unpaired) electrons. The first-order chi connectivity index (χ1) is 57.7. The van der Waals surface area contributed by atoms with Crippen LogP contribution in [0.1, 0.15) is 257 Å². The van der Waals surface area contributed by atoms with Crippen molar-refractivity contribution >= 4 is 64.6 Å². The van der Waals surface area contributed by atoms with Crippen molar-refractivity contribution in [1.29, 1.82) is 0 Å². The molecule has 0 nitrogen and oxygen atoms in total. The fourth-order valence-electron chi connectivity index (χ4n) is 18.3. The fraction of sp³-hybridized carbons (Fsp3) is 0.288. The van der Waals surface area contributed by atoms with Crippen LogP contribution in [0.5, 0.6) is 0 Å². The first-order valence-corrected chi connectivity index (χ1v) is 44.3. The van der Waals surface area contributed by atoms with Crippen LogP contribution in [-0.2, 0) is 21.7 Å². The van der Waals surface area contributed by atoms with Gasteiger partial charge in [0, 0.05) is 34.4 Å². The summed E-state index contributed by atoms with van der Waals surface area (Å²) in [4.78, 5) is 0. The molecule has 0 spiro atoms. The highest BCUT2D eigenvalue weighted by Gasteiger charge is 2.33. The Labute approximate surface area is 723 Å². The lowest BCUT2D eigenvalue weighted by Gasteiger charge is -2.28. The zero-order valence-electron chi connectivity index (χ0n) is 76.2. The van der Waals surface area contributed by atoms with Crippen LogP contribution in [0.4, 0.5) is 17.6 Å². The van der Waals surface area contributed by atoms with E-state index in [-0.39, 0.29) is 32.8 Å². The van der Waals surface area contributed by atoms with E-state index in [9.17, 15) is 8.78 Å². The molecule has 0 saturated carbocycles. The molecule has 16 aromatic carbocycles. The van der Waals surface area contributed by atoms with Crippen molar-refractivity contribution in [2.75, 3.05) is 0 Å². The Morgan fingerprint density at radius 1 is 0.180 bits per heavy atom. The predicted molar refractivity (Wildman–Crippen MR) is 521 cm³/mol. The molecule has 0 atom stereocenters. The van der Waals surface area contributed by atoms with E-state index in [0.29, 0.717) is 57.4 Å². The smallest absolute Gasteiger partial charge is 0.133 e. The van der Waals surface area contributed by atoms with Crippen molar-refractivity contribution in [1.82, 2.24) is 0 Å². The van der Waals surface area contributed by atoms with Crippen LogP contribution in [0.15, 0.2) is 255 Å². The van der Waals surface area contributed by atoms with E-state index < -0.39 is 23.3 Å². The molecule has 620 valence electrons. The number of halogens is 4. The van der Waals surface area contributed by atoms with Crippen LogP contribution in [0.2, 0.25) is 0 Å². The topological polar surface area (TPSA) is 0 Å². The summed E-state index contributed by atoms with van der Waals surface area (Å²) in [5.74, 6) is -0.200. The van der Waals surface area contributed by atoms with E-state index in [0.717, 1.165) is 78.2 Å². The van der Waals surface area contributed by atoms with Gasteiger partial charge in [0.2, 0.25) is 0 Å². The monoisotopic (exact) mass is 1610 g/mol. The number of rotatable bonds is 14. The summed E-state index contributed by atoms with van der Waals surface area (Å²) in [5, 5.41) is 12.5. The van der Waals surface area contributed by atoms with E-state index >= 15 is 8.78 Å². The van der Waals surface area contributed by atoms with Crippen molar-refractivity contribution in [3.8, 4) is 89.0 Å². The summed E-state index contributed by atoms with van der Waals surface area (Å²) in [7, 11) is 0. The third-order valence-corrected chi connectivity index (χ3v) is 25.8. The lowest BCUT2D eigenvalue weighted by molar-refractivity contribution is 0.585. The molecular weight excluding hydrogens is 1490 g/mol. The molecule has 0 aromatic heterocycles. The van der Waals surface area contributed by atoms with Gasteiger partial charge in [-0.2, -0.15) is 0 Å². The molecule has 0 aliphatic carbocycles.